The number of hydrogen-bond acceptors (Lipinski definition) is 3. The summed E-state index contributed by atoms with van der Waals surface area (Å²) >= 11 is 0. The predicted molar refractivity (Wildman–Crippen MR) is 68.6 cm³/mol. The Bertz CT molecular complexity index is 531. The zero-order valence-corrected chi connectivity index (χ0v) is 10.1. The molecule has 4 nitrogen and oxygen atoms in total. The number of benzene rings is 1. The van der Waals surface area contributed by atoms with Gasteiger partial charge in [-0.25, -0.2) is 0 Å². The molecule has 0 spiro atoms. The van der Waals surface area contributed by atoms with E-state index < -0.39 is 0 Å². The summed E-state index contributed by atoms with van der Waals surface area (Å²) in [5.41, 5.74) is 8.29. The predicted octanol–water partition coefficient (Wildman–Crippen LogP) is 1.11. The van der Waals surface area contributed by atoms with Crippen molar-refractivity contribution in [2.24, 2.45) is 12.8 Å². The zero-order chi connectivity index (χ0) is 11.8. The molecule has 1 aliphatic heterocycles. The van der Waals surface area contributed by atoms with E-state index in [4.69, 9.17) is 5.73 Å². The number of aromatic nitrogens is 2. The Morgan fingerprint density at radius 1 is 1.41 bits per heavy atom. The fraction of sp³-hybridized carbons (Fsp3) is 0.462. The highest BCUT2D eigenvalue weighted by molar-refractivity contribution is 5.81. The molecule has 1 aromatic carbocycles. The smallest absolute Gasteiger partial charge is 0.0843 e. The second-order valence-electron chi connectivity index (χ2n) is 4.87. The fourth-order valence-corrected chi connectivity index (χ4v) is 2.62. The van der Waals surface area contributed by atoms with Gasteiger partial charge in [0.05, 0.1) is 11.2 Å². The Kier molecular flexibility index (Phi) is 2.61. The normalized spacial score (nSPS) is 21.4. The first-order valence-electron chi connectivity index (χ1n) is 6.12. The Morgan fingerprint density at radius 3 is 3.00 bits per heavy atom. The van der Waals surface area contributed by atoms with Gasteiger partial charge >= 0.3 is 0 Å². The Morgan fingerprint density at radius 2 is 2.24 bits per heavy atom. The van der Waals surface area contributed by atoms with Crippen LogP contribution < -0.4 is 5.73 Å². The number of nitrogens with two attached hydrogens (primary N) is 1. The third-order valence-electron chi connectivity index (χ3n) is 3.52. The van der Waals surface area contributed by atoms with E-state index in [1.165, 1.54) is 10.9 Å². The van der Waals surface area contributed by atoms with E-state index in [2.05, 4.69) is 34.3 Å². The Balaban J connectivity index is 1.90. The van der Waals surface area contributed by atoms with Crippen molar-refractivity contribution in [1.29, 1.82) is 0 Å². The van der Waals surface area contributed by atoms with Crippen molar-refractivity contribution < 1.29 is 0 Å². The molecule has 2 heterocycles. The van der Waals surface area contributed by atoms with Crippen LogP contribution in [0.5, 0.6) is 0 Å². The highest BCUT2D eigenvalue weighted by Crippen LogP contribution is 2.20. The highest BCUT2D eigenvalue weighted by Gasteiger charge is 2.20. The molecule has 1 aliphatic rings. The van der Waals surface area contributed by atoms with E-state index in [9.17, 15) is 0 Å². The maximum Gasteiger partial charge on any atom is 0.0843 e. The van der Waals surface area contributed by atoms with E-state index in [-0.39, 0.29) is 0 Å². The lowest BCUT2D eigenvalue weighted by atomic mass is 10.2. The SMILES string of the molecule is Cn1nc(CN2CC[C@@H](N)C2)c2ccccc21. The minimum absolute atomic E-state index is 0.338. The van der Waals surface area contributed by atoms with Crippen molar-refractivity contribution >= 4 is 10.9 Å². The van der Waals surface area contributed by atoms with Crippen LogP contribution in [0.4, 0.5) is 0 Å². The van der Waals surface area contributed by atoms with Gasteiger partial charge in [0.25, 0.3) is 0 Å². The molecule has 0 radical (unpaired) electrons. The van der Waals surface area contributed by atoms with E-state index in [0.717, 1.165) is 31.7 Å². The molecule has 1 atom stereocenters. The van der Waals surface area contributed by atoms with E-state index in [1.807, 2.05) is 11.7 Å². The summed E-state index contributed by atoms with van der Waals surface area (Å²) in [6.07, 6.45) is 1.10. The van der Waals surface area contributed by atoms with Crippen molar-refractivity contribution in [3.05, 3.63) is 30.0 Å². The fourth-order valence-electron chi connectivity index (χ4n) is 2.62. The van der Waals surface area contributed by atoms with Crippen LogP contribution >= 0.6 is 0 Å². The second-order valence-corrected chi connectivity index (χ2v) is 4.87. The van der Waals surface area contributed by atoms with Crippen LogP contribution in [-0.4, -0.2) is 33.8 Å². The van der Waals surface area contributed by atoms with Gasteiger partial charge < -0.3 is 5.73 Å². The minimum atomic E-state index is 0.338. The first-order valence-corrected chi connectivity index (χ1v) is 6.12. The lowest BCUT2D eigenvalue weighted by molar-refractivity contribution is 0.323. The van der Waals surface area contributed by atoms with Crippen LogP contribution in [-0.2, 0) is 13.6 Å². The molecule has 0 saturated carbocycles. The Hall–Kier alpha value is -1.39. The summed E-state index contributed by atoms with van der Waals surface area (Å²) in [4.78, 5) is 2.39. The number of fused-ring (bicyclic) bond motifs is 1. The largest absolute Gasteiger partial charge is 0.326 e. The third kappa shape index (κ3) is 1.94. The monoisotopic (exact) mass is 230 g/mol. The van der Waals surface area contributed by atoms with Crippen LogP contribution in [0.1, 0.15) is 12.1 Å². The number of nitrogens with zero attached hydrogens (tertiary/aromatic N) is 3. The van der Waals surface area contributed by atoms with Crippen LogP contribution in [0, 0.1) is 0 Å². The summed E-state index contributed by atoms with van der Waals surface area (Å²) in [5.74, 6) is 0. The second kappa shape index (κ2) is 4.13. The van der Waals surface area contributed by atoms with Crippen LogP contribution in [0.15, 0.2) is 24.3 Å². The van der Waals surface area contributed by atoms with Gasteiger partial charge in [0.15, 0.2) is 0 Å². The molecule has 3 rings (SSSR count). The zero-order valence-electron chi connectivity index (χ0n) is 10.1. The molecular weight excluding hydrogens is 212 g/mol. The molecule has 0 aliphatic carbocycles. The first kappa shape index (κ1) is 10.7. The maximum atomic E-state index is 5.93. The molecule has 0 amide bonds. The van der Waals surface area contributed by atoms with Gasteiger partial charge in [0.2, 0.25) is 0 Å². The summed E-state index contributed by atoms with van der Waals surface area (Å²) in [6.45, 7) is 2.99. The average Bonchev–Trinajstić information content (AvgIpc) is 2.86. The summed E-state index contributed by atoms with van der Waals surface area (Å²) < 4.78 is 1.96. The van der Waals surface area contributed by atoms with Gasteiger partial charge in [-0.1, -0.05) is 18.2 Å². The van der Waals surface area contributed by atoms with Crippen molar-refractivity contribution in [3.8, 4) is 0 Å². The van der Waals surface area contributed by atoms with Crippen molar-refractivity contribution in [1.82, 2.24) is 14.7 Å². The summed E-state index contributed by atoms with van der Waals surface area (Å²) in [6, 6.07) is 8.72. The lowest BCUT2D eigenvalue weighted by Gasteiger charge is -2.13. The number of likely N-dealkylation sites (tertiary alicyclic amines) is 1. The van der Waals surface area contributed by atoms with E-state index in [0.29, 0.717) is 6.04 Å². The number of hydrogen-bond donors (Lipinski definition) is 1. The van der Waals surface area contributed by atoms with Gasteiger partial charge in [0.1, 0.15) is 0 Å². The first-order chi connectivity index (χ1) is 8.24. The van der Waals surface area contributed by atoms with Crippen LogP contribution in [0.25, 0.3) is 10.9 Å². The van der Waals surface area contributed by atoms with Gasteiger partial charge in [-0.3, -0.25) is 9.58 Å². The standard InChI is InChI=1S/C13H18N4/c1-16-13-5-3-2-4-11(13)12(15-16)9-17-7-6-10(14)8-17/h2-5,10H,6-9,14H2,1H3/t10-/m1/s1. The highest BCUT2D eigenvalue weighted by atomic mass is 15.3. The molecule has 0 bridgehead atoms. The maximum absolute atomic E-state index is 5.93. The minimum Gasteiger partial charge on any atom is -0.326 e. The molecule has 1 fully saturated rings. The molecule has 90 valence electrons. The van der Waals surface area contributed by atoms with Gasteiger partial charge in [-0.05, 0) is 12.5 Å². The van der Waals surface area contributed by atoms with E-state index in [1.54, 1.807) is 0 Å². The van der Waals surface area contributed by atoms with Gasteiger partial charge in [0, 0.05) is 38.1 Å². The van der Waals surface area contributed by atoms with Gasteiger partial charge in [-0.2, -0.15) is 5.10 Å². The summed E-state index contributed by atoms with van der Waals surface area (Å²) in [5, 5.41) is 5.87. The van der Waals surface area contributed by atoms with Crippen molar-refractivity contribution in [2.75, 3.05) is 13.1 Å². The molecule has 1 aromatic heterocycles. The third-order valence-corrected chi connectivity index (χ3v) is 3.52. The lowest BCUT2D eigenvalue weighted by Crippen LogP contribution is -2.26. The topological polar surface area (TPSA) is 47.1 Å². The number of aryl methyl sites for hydroxylation is 1. The molecular formula is C13H18N4. The van der Waals surface area contributed by atoms with Crippen molar-refractivity contribution in [3.63, 3.8) is 0 Å². The van der Waals surface area contributed by atoms with Crippen molar-refractivity contribution in [2.45, 2.75) is 19.0 Å². The van der Waals surface area contributed by atoms with Gasteiger partial charge in [-0.15, -0.1) is 0 Å². The Labute approximate surface area is 101 Å². The number of rotatable bonds is 2. The van der Waals surface area contributed by atoms with Crippen LogP contribution in [0.2, 0.25) is 0 Å². The quantitative estimate of drug-likeness (QED) is 0.840. The molecule has 4 heteroatoms. The van der Waals surface area contributed by atoms with Crippen LogP contribution in [0.3, 0.4) is 0 Å². The molecule has 2 N–H and O–H groups in total. The summed E-state index contributed by atoms with van der Waals surface area (Å²) in [7, 11) is 2.00. The average molecular weight is 230 g/mol. The molecule has 1 saturated heterocycles. The molecule has 17 heavy (non-hydrogen) atoms. The van der Waals surface area contributed by atoms with E-state index >= 15 is 0 Å². The molecule has 2 aromatic rings. The molecule has 0 unspecified atom stereocenters. The number of para-hydroxylation sites is 1.